The number of halogens is 4. The van der Waals surface area contributed by atoms with E-state index in [1.807, 2.05) is 6.07 Å². The van der Waals surface area contributed by atoms with Crippen LogP contribution in [0.15, 0.2) is 42.5 Å². The number of amides is 1. The van der Waals surface area contributed by atoms with E-state index in [-0.39, 0.29) is 29.0 Å². The Morgan fingerprint density at radius 3 is 2.58 bits per heavy atom. The van der Waals surface area contributed by atoms with Crippen molar-refractivity contribution < 1.29 is 36.9 Å². The number of aromatic amines is 1. The predicted octanol–water partition coefficient (Wildman–Crippen LogP) is 5.44. The quantitative estimate of drug-likeness (QED) is 0.395. The lowest BCUT2D eigenvalue weighted by atomic mass is 9.73. The Morgan fingerprint density at radius 2 is 1.92 bits per heavy atom. The Bertz CT molecular complexity index is 1320. The van der Waals surface area contributed by atoms with Crippen LogP contribution in [0, 0.1) is 5.82 Å². The summed E-state index contributed by atoms with van der Waals surface area (Å²) in [7, 11) is 1.36. The maximum absolute atomic E-state index is 14.3. The molecule has 1 aliphatic heterocycles. The van der Waals surface area contributed by atoms with Gasteiger partial charge in [-0.25, -0.2) is 4.39 Å². The molecular weight excluding hydrogens is 504 g/mol. The van der Waals surface area contributed by atoms with Crippen molar-refractivity contribution in [2.45, 2.75) is 56.9 Å². The summed E-state index contributed by atoms with van der Waals surface area (Å²) in [5.74, 6) is -0.414. The molecular formula is C28H32F4N2O4. The second-order valence-electron chi connectivity index (χ2n) is 10.6. The van der Waals surface area contributed by atoms with E-state index in [1.54, 1.807) is 23.1 Å². The van der Waals surface area contributed by atoms with E-state index < -0.39 is 35.9 Å². The summed E-state index contributed by atoms with van der Waals surface area (Å²) in [5, 5.41) is 11.7. The third-order valence-electron chi connectivity index (χ3n) is 7.22. The summed E-state index contributed by atoms with van der Waals surface area (Å²) in [6.07, 6.45) is -6.75. The monoisotopic (exact) mass is 536 g/mol. The highest BCUT2D eigenvalue weighted by atomic mass is 19.4. The van der Waals surface area contributed by atoms with Crippen LogP contribution in [-0.4, -0.2) is 59.5 Å². The van der Waals surface area contributed by atoms with Gasteiger partial charge in [0.1, 0.15) is 17.7 Å². The first-order chi connectivity index (χ1) is 17.7. The number of rotatable bonds is 7. The van der Waals surface area contributed by atoms with Crippen molar-refractivity contribution in [2.24, 2.45) is 0 Å². The third kappa shape index (κ3) is 5.66. The molecule has 1 saturated heterocycles. The number of nitrogens with one attached hydrogen (secondary N) is 1. The lowest BCUT2D eigenvalue weighted by Gasteiger charge is -2.38. The van der Waals surface area contributed by atoms with Gasteiger partial charge in [-0.05, 0) is 53.1 Å². The molecule has 206 valence electrons. The van der Waals surface area contributed by atoms with Crippen molar-refractivity contribution >= 4 is 16.8 Å². The number of morpholine rings is 1. The molecule has 0 aliphatic carbocycles. The molecule has 3 aromatic rings. The number of aliphatic hydroxyl groups is 1. The minimum absolute atomic E-state index is 0.0493. The Kier molecular flexibility index (Phi) is 7.51. The Morgan fingerprint density at radius 1 is 1.18 bits per heavy atom. The van der Waals surface area contributed by atoms with Gasteiger partial charge in [0.15, 0.2) is 5.60 Å². The zero-order valence-electron chi connectivity index (χ0n) is 21.8. The second kappa shape index (κ2) is 10.2. The molecule has 4 rings (SSSR count). The summed E-state index contributed by atoms with van der Waals surface area (Å²) in [5.41, 5.74) is -2.56. The Balaban J connectivity index is 1.62. The van der Waals surface area contributed by atoms with Crippen molar-refractivity contribution in [1.29, 1.82) is 0 Å². The lowest BCUT2D eigenvalue weighted by molar-refractivity contribution is -0.266. The topological polar surface area (TPSA) is 74.8 Å². The van der Waals surface area contributed by atoms with Gasteiger partial charge in [0.25, 0.3) is 0 Å². The van der Waals surface area contributed by atoms with E-state index >= 15 is 0 Å². The minimum Gasteiger partial charge on any atom is -0.496 e. The number of carbonyl (C=O) groups excluding carboxylic acids is 1. The van der Waals surface area contributed by atoms with Crippen LogP contribution in [0.3, 0.4) is 0 Å². The SMILES string of the molecule is COc1ccc(F)cc1C(C)(C)CC(O)(Cc1cc2ccc(C3CN(C(C)=O)CCO3)cc2[nH]1)C(F)(F)F. The smallest absolute Gasteiger partial charge is 0.417 e. The van der Waals surface area contributed by atoms with Gasteiger partial charge in [-0.3, -0.25) is 4.79 Å². The third-order valence-corrected chi connectivity index (χ3v) is 7.22. The largest absolute Gasteiger partial charge is 0.496 e. The Labute approximate surface area is 218 Å². The zero-order chi connectivity index (χ0) is 27.9. The summed E-state index contributed by atoms with van der Waals surface area (Å²) in [6, 6.07) is 10.6. The van der Waals surface area contributed by atoms with Crippen LogP contribution in [0.1, 0.15) is 50.1 Å². The molecule has 2 aromatic carbocycles. The number of hydrogen-bond acceptors (Lipinski definition) is 4. The highest BCUT2D eigenvalue weighted by molar-refractivity contribution is 5.81. The molecule has 0 bridgehead atoms. The van der Waals surface area contributed by atoms with E-state index in [1.165, 1.54) is 40.0 Å². The number of benzene rings is 2. The molecule has 0 saturated carbocycles. The molecule has 1 aliphatic rings. The van der Waals surface area contributed by atoms with Gasteiger partial charge in [0, 0.05) is 36.7 Å². The highest BCUT2D eigenvalue weighted by Crippen LogP contribution is 2.45. The van der Waals surface area contributed by atoms with E-state index in [0.29, 0.717) is 30.6 Å². The normalized spacial score (nSPS) is 18.4. The van der Waals surface area contributed by atoms with Crippen molar-refractivity contribution in [3.05, 3.63) is 65.1 Å². The number of methoxy groups -OCH3 is 1. The maximum atomic E-state index is 14.3. The summed E-state index contributed by atoms with van der Waals surface area (Å²) in [4.78, 5) is 16.5. The number of ether oxygens (including phenoxy) is 2. The first-order valence-electron chi connectivity index (χ1n) is 12.3. The fourth-order valence-corrected chi connectivity index (χ4v) is 5.25. The van der Waals surface area contributed by atoms with Gasteiger partial charge in [-0.1, -0.05) is 26.0 Å². The fraction of sp³-hybridized carbons (Fsp3) is 0.464. The number of H-pyrrole nitrogens is 1. The minimum atomic E-state index is -4.96. The lowest BCUT2D eigenvalue weighted by Crippen LogP contribution is -2.51. The van der Waals surface area contributed by atoms with Crippen LogP contribution in [-0.2, 0) is 21.4 Å². The van der Waals surface area contributed by atoms with Crippen LogP contribution < -0.4 is 4.74 Å². The maximum Gasteiger partial charge on any atom is 0.417 e. The van der Waals surface area contributed by atoms with Gasteiger partial charge in [0.2, 0.25) is 5.91 Å². The molecule has 2 atom stereocenters. The van der Waals surface area contributed by atoms with E-state index in [2.05, 4.69) is 4.98 Å². The van der Waals surface area contributed by atoms with E-state index in [4.69, 9.17) is 9.47 Å². The number of aromatic nitrogens is 1. The molecule has 0 radical (unpaired) electrons. The summed E-state index contributed by atoms with van der Waals surface area (Å²) in [6.45, 7) is 5.83. The first-order valence-corrected chi connectivity index (χ1v) is 12.3. The van der Waals surface area contributed by atoms with Crippen molar-refractivity contribution in [3.63, 3.8) is 0 Å². The standard InChI is InChI=1S/C28H32F4N2O4/c1-17(35)34-9-10-38-25(15-34)19-6-5-18-11-21(33-23(18)12-19)14-27(36,28(30,31)32)16-26(2,3)22-13-20(29)7-8-24(22)37-4/h5-8,11-13,25,33,36H,9-10,14-16H2,1-4H3. The van der Waals surface area contributed by atoms with Crippen LogP contribution in [0.25, 0.3) is 10.9 Å². The predicted molar refractivity (Wildman–Crippen MR) is 135 cm³/mol. The summed E-state index contributed by atoms with van der Waals surface area (Å²) >= 11 is 0. The number of fused-ring (bicyclic) bond motifs is 1. The molecule has 2 N–H and O–H groups in total. The molecule has 6 nitrogen and oxygen atoms in total. The second-order valence-corrected chi connectivity index (χ2v) is 10.6. The number of hydrogen-bond donors (Lipinski definition) is 2. The number of carbonyl (C=O) groups is 1. The number of alkyl halides is 3. The van der Waals surface area contributed by atoms with Gasteiger partial charge in [-0.2, -0.15) is 13.2 Å². The molecule has 2 unspecified atom stereocenters. The average Bonchev–Trinajstić information content (AvgIpc) is 3.24. The molecule has 1 aromatic heterocycles. The van der Waals surface area contributed by atoms with Crippen molar-refractivity contribution in [1.82, 2.24) is 9.88 Å². The van der Waals surface area contributed by atoms with Crippen LogP contribution in [0.4, 0.5) is 17.6 Å². The summed E-state index contributed by atoms with van der Waals surface area (Å²) < 4.78 is 68.1. The van der Waals surface area contributed by atoms with E-state index in [0.717, 1.165) is 11.6 Å². The fourth-order valence-electron chi connectivity index (χ4n) is 5.25. The van der Waals surface area contributed by atoms with Gasteiger partial charge < -0.3 is 24.5 Å². The van der Waals surface area contributed by atoms with Crippen molar-refractivity contribution in [2.75, 3.05) is 26.8 Å². The highest BCUT2D eigenvalue weighted by Gasteiger charge is 2.56. The van der Waals surface area contributed by atoms with Crippen LogP contribution in [0.2, 0.25) is 0 Å². The van der Waals surface area contributed by atoms with Crippen LogP contribution >= 0.6 is 0 Å². The molecule has 1 amide bonds. The van der Waals surface area contributed by atoms with Crippen LogP contribution in [0.5, 0.6) is 5.75 Å². The molecule has 1 fully saturated rings. The number of nitrogens with zero attached hydrogens (tertiary/aromatic N) is 1. The zero-order valence-corrected chi connectivity index (χ0v) is 21.8. The Hall–Kier alpha value is -3.11. The van der Waals surface area contributed by atoms with Crippen molar-refractivity contribution in [3.8, 4) is 5.75 Å². The molecule has 2 heterocycles. The molecule has 38 heavy (non-hydrogen) atoms. The molecule has 0 spiro atoms. The van der Waals surface area contributed by atoms with E-state index in [9.17, 15) is 27.5 Å². The van der Waals surface area contributed by atoms with Gasteiger partial charge in [0.05, 0.1) is 20.3 Å². The average molecular weight is 537 g/mol. The van der Waals surface area contributed by atoms with Gasteiger partial charge in [-0.15, -0.1) is 0 Å². The van der Waals surface area contributed by atoms with Gasteiger partial charge >= 0.3 is 6.18 Å². The molecule has 10 heteroatoms. The first kappa shape index (κ1) is 27.9.